The number of carbonyl (C=O) groups excluding carboxylic acids is 1. The first kappa shape index (κ1) is 14.1. The lowest BCUT2D eigenvalue weighted by atomic mass is 10.1. The second-order valence-electron chi connectivity index (χ2n) is 4.45. The van der Waals surface area contributed by atoms with Gasteiger partial charge in [-0.15, -0.1) is 0 Å². The van der Waals surface area contributed by atoms with E-state index in [0.717, 1.165) is 18.5 Å². The van der Waals surface area contributed by atoms with E-state index in [1.807, 2.05) is 20.8 Å². The number of rotatable bonds is 1. The highest BCUT2D eigenvalue weighted by Gasteiger charge is 2.11. The molecule has 4 nitrogen and oxygen atoms in total. The molecule has 2 N–H and O–H groups in total. The lowest BCUT2D eigenvalue weighted by molar-refractivity contribution is -0.138. The SMILES string of the molecule is C=C1CCNC[C@H]1O.CC(C)(C)OC=O. The minimum atomic E-state index is -0.318. The van der Waals surface area contributed by atoms with Gasteiger partial charge in [0.25, 0.3) is 6.47 Å². The molecule has 1 fully saturated rings. The summed E-state index contributed by atoms with van der Waals surface area (Å²) in [4.78, 5) is 9.60. The summed E-state index contributed by atoms with van der Waals surface area (Å²) in [5.74, 6) is 0. The average molecular weight is 215 g/mol. The number of piperidine rings is 1. The maximum absolute atomic E-state index is 9.60. The topological polar surface area (TPSA) is 58.6 Å². The van der Waals surface area contributed by atoms with Crippen molar-refractivity contribution in [1.82, 2.24) is 5.32 Å². The molecule has 1 atom stereocenters. The summed E-state index contributed by atoms with van der Waals surface area (Å²) >= 11 is 0. The Bertz CT molecular complexity index is 208. The van der Waals surface area contributed by atoms with Gasteiger partial charge >= 0.3 is 0 Å². The Morgan fingerprint density at radius 1 is 1.60 bits per heavy atom. The van der Waals surface area contributed by atoms with Gasteiger partial charge in [0.1, 0.15) is 5.60 Å². The molecule has 0 amide bonds. The molecular formula is C11H21NO3. The Hall–Kier alpha value is -0.870. The van der Waals surface area contributed by atoms with Crippen molar-refractivity contribution in [3.63, 3.8) is 0 Å². The zero-order valence-electron chi connectivity index (χ0n) is 9.75. The Kier molecular flexibility index (Phi) is 6.20. The third-order valence-electron chi connectivity index (χ3n) is 1.83. The van der Waals surface area contributed by atoms with Crippen molar-refractivity contribution in [3.05, 3.63) is 12.2 Å². The molecule has 15 heavy (non-hydrogen) atoms. The Morgan fingerprint density at radius 3 is 2.40 bits per heavy atom. The second kappa shape index (κ2) is 6.58. The average Bonchev–Trinajstić information content (AvgIpc) is 2.09. The van der Waals surface area contributed by atoms with E-state index in [1.165, 1.54) is 0 Å². The van der Waals surface area contributed by atoms with Crippen molar-refractivity contribution in [2.45, 2.75) is 38.9 Å². The smallest absolute Gasteiger partial charge is 0.293 e. The summed E-state index contributed by atoms with van der Waals surface area (Å²) in [5.41, 5.74) is 0.644. The third-order valence-corrected chi connectivity index (χ3v) is 1.83. The molecule has 0 aromatic rings. The van der Waals surface area contributed by atoms with Crippen LogP contribution in [-0.2, 0) is 9.53 Å². The first-order valence-corrected chi connectivity index (χ1v) is 5.04. The fourth-order valence-electron chi connectivity index (χ4n) is 0.943. The first-order valence-electron chi connectivity index (χ1n) is 5.04. The van der Waals surface area contributed by atoms with Crippen LogP contribution < -0.4 is 5.32 Å². The number of carbonyl (C=O) groups is 1. The van der Waals surface area contributed by atoms with Crippen molar-refractivity contribution in [2.24, 2.45) is 0 Å². The summed E-state index contributed by atoms with van der Waals surface area (Å²) in [7, 11) is 0. The molecule has 0 spiro atoms. The summed E-state index contributed by atoms with van der Waals surface area (Å²) in [6.07, 6.45) is 0.616. The molecule has 0 saturated carbocycles. The van der Waals surface area contributed by atoms with Crippen LogP contribution in [0.1, 0.15) is 27.2 Å². The monoisotopic (exact) mass is 215 g/mol. The fourth-order valence-corrected chi connectivity index (χ4v) is 0.943. The zero-order valence-corrected chi connectivity index (χ0v) is 9.75. The van der Waals surface area contributed by atoms with E-state index >= 15 is 0 Å². The first-order chi connectivity index (χ1) is 6.87. The molecule has 88 valence electrons. The number of aliphatic hydroxyl groups is 1. The summed E-state index contributed by atoms with van der Waals surface area (Å²) in [5, 5.41) is 12.1. The van der Waals surface area contributed by atoms with E-state index in [0.29, 0.717) is 13.0 Å². The van der Waals surface area contributed by atoms with Crippen molar-refractivity contribution >= 4 is 6.47 Å². The van der Waals surface area contributed by atoms with E-state index in [4.69, 9.17) is 5.11 Å². The lowest BCUT2D eigenvalue weighted by Crippen LogP contribution is -2.34. The molecule has 0 bridgehead atoms. The van der Waals surface area contributed by atoms with Crippen molar-refractivity contribution in [2.75, 3.05) is 13.1 Å². The summed E-state index contributed by atoms with van der Waals surface area (Å²) < 4.78 is 4.55. The molecule has 1 aliphatic heterocycles. The predicted molar refractivity (Wildman–Crippen MR) is 59.5 cm³/mol. The number of aliphatic hydroxyl groups excluding tert-OH is 1. The van der Waals surface area contributed by atoms with Gasteiger partial charge in [-0.3, -0.25) is 4.79 Å². The van der Waals surface area contributed by atoms with Crippen LogP contribution in [0.4, 0.5) is 0 Å². The molecular weight excluding hydrogens is 194 g/mol. The van der Waals surface area contributed by atoms with Crippen LogP contribution in [-0.4, -0.2) is 36.4 Å². The van der Waals surface area contributed by atoms with Gasteiger partial charge in [0.2, 0.25) is 0 Å². The second-order valence-corrected chi connectivity index (χ2v) is 4.45. The number of hydrogen-bond donors (Lipinski definition) is 2. The number of hydrogen-bond acceptors (Lipinski definition) is 4. The standard InChI is InChI=1S/C6H11NO.C5H10O2/c1-5-2-3-7-4-6(5)8;1-5(2,3)7-4-6/h6-8H,1-4H2;4H,1-3H3/t6-;/m1./s1. The molecule has 0 aliphatic carbocycles. The molecule has 1 heterocycles. The molecule has 1 aliphatic rings. The number of β-amino-alcohol motifs (C(OH)–C–C–N with tert-alkyl or cyclic N) is 1. The van der Waals surface area contributed by atoms with Gasteiger partial charge in [-0.1, -0.05) is 6.58 Å². The Labute approximate surface area is 91.3 Å². The summed E-state index contributed by atoms with van der Waals surface area (Å²) in [6, 6.07) is 0. The van der Waals surface area contributed by atoms with E-state index in [2.05, 4.69) is 16.6 Å². The molecule has 0 aromatic heterocycles. The van der Waals surface area contributed by atoms with Crippen molar-refractivity contribution < 1.29 is 14.6 Å². The van der Waals surface area contributed by atoms with Gasteiger partial charge < -0.3 is 15.2 Å². The van der Waals surface area contributed by atoms with Gasteiger partial charge in [0.15, 0.2) is 0 Å². The van der Waals surface area contributed by atoms with Crippen molar-refractivity contribution in [1.29, 1.82) is 0 Å². The number of ether oxygens (including phenoxy) is 1. The maximum Gasteiger partial charge on any atom is 0.293 e. The van der Waals surface area contributed by atoms with Crippen molar-refractivity contribution in [3.8, 4) is 0 Å². The molecule has 1 saturated heterocycles. The molecule has 1 rings (SSSR count). The molecule has 4 heteroatoms. The van der Waals surface area contributed by atoms with Crippen LogP contribution in [0, 0.1) is 0 Å². The molecule has 0 aromatic carbocycles. The van der Waals surface area contributed by atoms with Gasteiger partial charge in [-0.25, -0.2) is 0 Å². The van der Waals surface area contributed by atoms with Gasteiger partial charge in [0.05, 0.1) is 6.10 Å². The Morgan fingerprint density at radius 2 is 2.20 bits per heavy atom. The normalized spacial score (nSPS) is 21.3. The molecule has 0 radical (unpaired) electrons. The van der Waals surface area contributed by atoms with Crippen LogP contribution in [0.25, 0.3) is 0 Å². The minimum absolute atomic E-state index is 0.302. The quantitative estimate of drug-likeness (QED) is 0.503. The van der Waals surface area contributed by atoms with Crippen LogP contribution in [0.2, 0.25) is 0 Å². The van der Waals surface area contributed by atoms with E-state index < -0.39 is 0 Å². The highest BCUT2D eigenvalue weighted by molar-refractivity contribution is 5.37. The maximum atomic E-state index is 9.60. The van der Waals surface area contributed by atoms with E-state index in [9.17, 15) is 4.79 Å². The molecule has 0 unspecified atom stereocenters. The fraction of sp³-hybridized carbons (Fsp3) is 0.727. The van der Waals surface area contributed by atoms with E-state index in [-0.39, 0.29) is 11.7 Å². The zero-order chi connectivity index (χ0) is 11.9. The van der Waals surface area contributed by atoms with Gasteiger partial charge in [-0.05, 0) is 39.3 Å². The highest BCUT2D eigenvalue weighted by Crippen LogP contribution is 2.06. The van der Waals surface area contributed by atoms with Gasteiger partial charge in [0, 0.05) is 6.54 Å². The van der Waals surface area contributed by atoms with E-state index in [1.54, 1.807) is 0 Å². The summed E-state index contributed by atoms with van der Waals surface area (Å²) in [6.45, 7) is 11.3. The third kappa shape index (κ3) is 8.15. The largest absolute Gasteiger partial charge is 0.462 e. The van der Waals surface area contributed by atoms with Crippen LogP contribution in [0.5, 0.6) is 0 Å². The predicted octanol–water partition coefficient (Wildman–Crippen LogP) is 0.855. The highest BCUT2D eigenvalue weighted by atomic mass is 16.5. The van der Waals surface area contributed by atoms with Crippen LogP contribution in [0.15, 0.2) is 12.2 Å². The lowest BCUT2D eigenvalue weighted by Gasteiger charge is -2.19. The minimum Gasteiger partial charge on any atom is -0.462 e. The van der Waals surface area contributed by atoms with Crippen LogP contribution in [0.3, 0.4) is 0 Å². The number of nitrogens with one attached hydrogen (secondary N) is 1. The Balaban J connectivity index is 0.000000265. The van der Waals surface area contributed by atoms with Crippen LogP contribution >= 0.6 is 0 Å². The van der Waals surface area contributed by atoms with Gasteiger partial charge in [-0.2, -0.15) is 0 Å².